The van der Waals surface area contributed by atoms with Crippen LogP contribution in [0.5, 0.6) is 5.75 Å². The minimum Gasteiger partial charge on any atom is -0.491 e. The third-order valence-corrected chi connectivity index (χ3v) is 3.73. The van der Waals surface area contributed by atoms with Crippen LogP contribution in [0, 0.1) is 5.82 Å². The molecule has 0 saturated heterocycles. The van der Waals surface area contributed by atoms with Gasteiger partial charge in [-0.1, -0.05) is 12.1 Å². The number of benzene rings is 2. The Hall–Kier alpha value is -2.77. The first-order chi connectivity index (χ1) is 12.6. The second kappa shape index (κ2) is 8.75. The number of halogens is 4. The number of nitrogens with one attached hydrogen (secondary N) is 1. The number of carbonyl (C=O) groups is 1. The highest BCUT2D eigenvalue weighted by molar-refractivity contribution is 5.74. The highest BCUT2D eigenvalue weighted by Gasteiger charge is 2.30. The highest BCUT2D eigenvalue weighted by Crippen LogP contribution is 2.29. The number of hydrogen-bond acceptors (Lipinski definition) is 2. The van der Waals surface area contributed by atoms with E-state index in [9.17, 15) is 22.4 Å². The summed E-state index contributed by atoms with van der Waals surface area (Å²) >= 11 is 0. The maximum Gasteiger partial charge on any atom is 0.416 e. The molecule has 0 radical (unpaired) electrons. The molecule has 0 saturated carbocycles. The number of nitrogens with zero attached hydrogens (tertiary/aromatic N) is 1. The summed E-state index contributed by atoms with van der Waals surface area (Å²) in [5.74, 6) is 0.115. The fourth-order valence-corrected chi connectivity index (χ4v) is 2.26. The molecule has 4 nitrogen and oxygen atoms in total. The second-order valence-corrected chi connectivity index (χ2v) is 6.17. The van der Waals surface area contributed by atoms with Crippen LogP contribution in [0.25, 0.3) is 0 Å². The molecule has 8 heteroatoms. The van der Waals surface area contributed by atoms with E-state index in [-0.39, 0.29) is 31.0 Å². The van der Waals surface area contributed by atoms with E-state index in [1.165, 1.54) is 41.3 Å². The maximum atomic E-state index is 12.8. The number of hydrogen-bond donors (Lipinski definition) is 1. The first kappa shape index (κ1) is 20.5. The van der Waals surface area contributed by atoms with E-state index >= 15 is 0 Å². The molecule has 0 aliphatic carbocycles. The maximum absolute atomic E-state index is 12.8. The summed E-state index contributed by atoms with van der Waals surface area (Å²) in [5.41, 5.74) is -0.152. The number of alkyl halides is 3. The van der Waals surface area contributed by atoms with Gasteiger partial charge in [0.2, 0.25) is 0 Å². The minimum absolute atomic E-state index is 0.162. The predicted octanol–water partition coefficient (Wildman–Crippen LogP) is 4.45. The van der Waals surface area contributed by atoms with Crippen molar-refractivity contribution < 1.29 is 27.1 Å². The zero-order valence-corrected chi connectivity index (χ0v) is 14.9. The lowest BCUT2D eigenvalue weighted by Gasteiger charge is -2.22. The molecule has 27 heavy (non-hydrogen) atoms. The molecule has 0 heterocycles. The van der Waals surface area contributed by atoms with Gasteiger partial charge >= 0.3 is 12.2 Å². The third-order valence-electron chi connectivity index (χ3n) is 3.73. The quantitative estimate of drug-likeness (QED) is 0.748. The molecule has 0 aliphatic rings. The van der Waals surface area contributed by atoms with E-state index in [0.717, 1.165) is 12.1 Å². The van der Waals surface area contributed by atoms with Gasteiger partial charge in [0.15, 0.2) is 0 Å². The Balaban J connectivity index is 1.81. The van der Waals surface area contributed by atoms with Crippen LogP contribution in [0.3, 0.4) is 0 Å². The Morgan fingerprint density at radius 2 is 1.70 bits per heavy atom. The van der Waals surface area contributed by atoms with Crippen LogP contribution in [-0.4, -0.2) is 30.6 Å². The zero-order valence-electron chi connectivity index (χ0n) is 14.9. The van der Waals surface area contributed by atoms with Gasteiger partial charge in [-0.2, -0.15) is 13.2 Å². The SMILES string of the molecule is C[C@@H](COc1ccc(F)cc1)NC(=O)N(C)Cc1ccc(C(F)(F)F)cc1. The van der Waals surface area contributed by atoms with Gasteiger partial charge in [0, 0.05) is 13.6 Å². The van der Waals surface area contributed by atoms with Crippen molar-refractivity contribution in [3.63, 3.8) is 0 Å². The van der Waals surface area contributed by atoms with Gasteiger partial charge in [-0.25, -0.2) is 9.18 Å². The van der Waals surface area contributed by atoms with Crippen LogP contribution in [0.4, 0.5) is 22.4 Å². The van der Waals surface area contributed by atoms with Crippen molar-refractivity contribution in [3.8, 4) is 5.75 Å². The van der Waals surface area contributed by atoms with E-state index in [1.54, 1.807) is 14.0 Å². The van der Waals surface area contributed by atoms with Crippen LogP contribution < -0.4 is 10.1 Å². The highest BCUT2D eigenvalue weighted by atomic mass is 19.4. The van der Waals surface area contributed by atoms with E-state index in [2.05, 4.69) is 5.32 Å². The smallest absolute Gasteiger partial charge is 0.416 e. The molecule has 0 aromatic heterocycles. The topological polar surface area (TPSA) is 41.6 Å². The molecule has 2 aromatic carbocycles. The van der Waals surface area contributed by atoms with Gasteiger partial charge in [-0.05, 0) is 48.9 Å². The van der Waals surface area contributed by atoms with Gasteiger partial charge in [-0.15, -0.1) is 0 Å². The number of amides is 2. The summed E-state index contributed by atoms with van der Waals surface area (Å²) in [5, 5.41) is 2.73. The summed E-state index contributed by atoms with van der Waals surface area (Å²) in [7, 11) is 1.54. The van der Waals surface area contributed by atoms with Crippen LogP contribution in [0.15, 0.2) is 48.5 Å². The first-order valence-corrected chi connectivity index (χ1v) is 8.21. The Bertz CT molecular complexity index is 746. The van der Waals surface area contributed by atoms with E-state index in [0.29, 0.717) is 11.3 Å². The van der Waals surface area contributed by atoms with Gasteiger partial charge < -0.3 is 15.0 Å². The fraction of sp³-hybridized carbons (Fsp3) is 0.316. The van der Waals surface area contributed by atoms with Crippen LogP contribution in [0.2, 0.25) is 0 Å². The molecule has 146 valence electrons. The third kappa shape index (κ3) is 6.47. The zero-order chi connectivity index (χ0) is 20.0. The lowest BCUT2D eigenvalue weighted by atomic mass is 10.1. The Morgan fingerprint density at radius 1 is 1.11 bits per heavy atom. The van der Waals surface area contributed by atoms with Crippen molar-refractivity contribution in [2.75, 3.05) is 13.7 Å². The number of urea groups is 1. The molecule has 2 rings (SSSR count). The summed E-state index contributed by atoms with van der Waals surface area (Å²) in [6.45, 7) is 2.09. The molecule has 0 bridgehead atoms. The van der Waals surface area contributed by atoms with Crippen LogP contribution in [0.1, 0.15) is 18.1 Å². The largest absolute Gasteiger partial charge is 0.491 e. The van der Waals surface area contributed by atoms with Crippen molar-refractivity contribution in [2.45, 2.75) is 25.7 Å². The van der Waals surface area contributed by atoms with Gasteiger partial charge in [0.05, 0.1) is 11.6 Å². The Morgan fingerprint density at radius 3 is 2.26 bits per heavy atom. The van der Waals surface area contributed by atoms with Crippen molar-refractivity contribution in [2.24, 2.45) is 0 Å². The molecule has 0 aliphatic heterocycles. The van der Waals surface area contributed by atoms with Crippen molar-refractivity contribution >= 4 is 6.03 Å². The summed E-state index contributed by atoms with van der Waals surface area (Å²) < 4.78 is 56.0. The van der Waals surface area contributed by atoms with Crippen LogP contribution in [-0.2, 0) is 12.7 Å². The minimum atomic E-state index is -4.39. The molecule has 1 N–H and O–H groups in total. The summed E-state index contributed by atoms with van der Waals surface area (Å²) in [6, 6.07) is 9.47. The number of carbonyl (C=O) groups excluding carboxylic acids is 1. The van der Waals surface area contributed by atoms with Gasteiger partial charge in [0.1, 0.15) is 18.2 Å². The van der Waals surface area contributed by atoms with E-state index in [1.807, 2.05) is 0 Å². The lowest BCUT2D eigenvalue weighted by Crippen LogP contribution is -2.43. The van der Waals surface area contributed by atoms with Crippen molar-refractivity contribution in [1.29, 1.82) is 0 Å². The lowest BCUT2D eigenvalue weighted by molar-refractivity contribution is -0.137. The molecule has 2 amide bonds. The molecule has 0 fully saturated rings. The van der Waals surface area contributed by atoms with Gasteiger partial charge in [0.25, 0.3) is 0 Å². The molecule has 2 aromatic rings. The average Bonchev–Trinajstić information content (AvgIpc) is 2.61. The second-order valence-electron chi connectivity index (χ2n) is 6.17. The molecular weight excluding hydrogens is 364 g/mol. The molecule has 1 atom stereocenters. The molecule has 0 unspecified atom stereocenters. The number of rotatable bonds is 6. The Kier molecular flexibility index (Phi) is 6.65. The fourth-order valence-electron chi connectivity index (χ4n) is 2.26. The predicted molar refractivity (Wildman–Crippen MR) is 92.8 cm³/mol. The summed E-state index contributed by atoms with van der Waals surface area (Å²) in [4.78, 5) is 13.5. The van der Waals surface area contributed by atoms with Crippen LogP contribution >= 0.6 is 0 Å². The van der Waals surface area contributed by atoms with E-state index < -0.39 is 11.7 Å². The number of ether oxygens (including phenoxy) is 1. The van der Waals surface area contributed by atoms with E-state index in [4.69, 9.17) is 4.74 Å². The van der Waals surface area contributed by atoms with Crippen molar-refractivity contribution in [1.82, 2.24) is 10.2 Å². The normalized spacial score (nSPS) is 12.4. The first-order valence-electron chi connectivity index (χ1n) is 8.21. The molecule has 0 spiro atoms. The monoisotopic (exact) mass is 384 g/mol. The average molecular weight is 384 g/mol. The standard InChI is InChI=1S/C19H20F4N2O2/c1-13(12-27-17-9-7-16(20)8-10-17)24-18(26)25(2)11-14-3-5-15(6-4-14)19(21,22)23/h3-10,13H,11-12H2,1-2H3,(H,24,26)/t13-/m0/s1. The summed E-state index contributed by atoms with van der Waals surface area (Å²) in [6.07, 6.45) is -4.39. The van der Waals surface area contributed by atoms with Crippen molar-refractivity contribution in [3.05, 3.63) is 65.5 Å². The van der Waals surface area contributed by atoms with Gasteiger partial charge in [-0.3, -0.25) is 0 Å². The molecular formula is C19H20F4N2O2. The Labute approximate surface area is 154 Å².